The third kappa shape index (κ3) is 0.607. The summed E-state index contributed by atoms with van der Waals surface area (Å²) in [6, 6.07) is 11.6. The van der Waals surface area contributed by atoms with Crippen molar-refractivity contribution in [3.8, 4) is 11.1 Å². The first-order valence-corrected chi connectivity index (χ1v) is 3.94. The maximum absolute atomic E-state index is 11.3. The highest BCUT2D eigenvalue weighted by Gasteiger charge is 2.17. The van der Waals surface area contributed by atoms with Gasteiger partial charge >= 0.3 is 0 Å². The second-order valence-electron chi connectivity index (χ2n) is 3.07. The fraction of sp³-hybridized carbons (Fsp3) is 0. The molecule has 1 aromatic carbocycles. The molecule has 0 aliphatic heterocycles. The van der Waals surface area contributed by atoms with Crippen molar-refractivity contribution < 1.29 is 0 Å². The summed E-state index contributed by atoms with van der Waals surface area (Å²) in [6.07, 6.45) is 0. The molecule has 3 rings (SSSR count). The van der Waals surface area contributed by atoms with Gasteiger partial charge in [0.2, 0.25) is 0 Å². The van der Waals surface area contributed by atoms with Crippen LogP contribution >= 0.6 is 0 Å². The van der Waals surface area contributed by atoms with Crippen molar-refractivity contribution in [2.45, 2.75) is 0 Å². The van der Waals surface area contributed by atoms with E-state index >= 15 is 0 Å². The van der Waals surface area contributed by atoms with E-state index in [1.54, 1.807) is 6.07 Å². The quantitative estimate of drug-likeness (QED) is 0.485. The van der Waals surface area contributed by atoms with E-state index in [1.165, 1.54) is 5.39 Å². The number of rotatable bonds is 0. The predicted octanol–water partition coefficient (Wildman–Crippen LogP) is 2.18. The fourth-order valence-electron chi connectivity index (χ4n) is 1.62. The first-order chi connectivity index (χ1) is 5.86. The monoisotopic (exact) mass is 154 g/mol. The smallest absolute Gasteiger partial charge is 0.187 e. The summed E-state index contributed by atoms with van der Waals surface area (Å²) < 4.78 is 0. The number of hydrogen-bond donors (Lipinski definition) is 0. The van der Waals surface area contributed by atoms with Gasteiger partial charge in [-0.3, -0.25) is 4.79 Å². The molecule has 0 bridgehead atoms. The van der Waals surface area contributed by atoms with E-state index in [-0.39, 0.29) is 5.43 Å². The van der Waals surface area contributed by atoms with Crippen LogP contribution in [-0.4, -0.2) is 0 Å². The molecule has 1 nitrogen and oxygen atoms in total. The summed E-state index contributed by atoms with van der Waals surface area (Å²) in [7, 11) is 0. The molecule has 0 fully saturated rings. The molecule has 0 heterocycles. The van der Waals surface area contributed by atoms with E-state index in [1.807, 2.05) is 24.3 Å². The van der Waals surface area contributed by atoms with Crippen LogP contribution in [0.1, 0.15) is 0 Å². The second-order valence-corrected chi connectivity index (χ2v) is 3.07. The minimum Gasteiger partial charge on any atom is -0.289 e. The SMILES string of the molecule is O=c1cc2ccccc2c2cc1-2. The van der Waals surface area contributed by atoms with E-state index in [2.05, 4.69) is 6.07 Å². The van der Waals surface area contributed by atoms with Crippen LogP contribution in [0, 0.1) is 0 Å². The molecule has 1 heteroatoms. The lowest BCUT2D eigenvalue weighted by Gasteiger charge is -1.94. The normalized spacial score (nSPS) is 11.7. The summed E-state index contributed by atoms with van der Waals surface area (Å²) >= 11 is 0. The van der Waals surface area contributed by atoms with Crippen LogP contribution < -0.4 is 5.43 Å². The van der Waals surface area contributed by atoms with Gasteiger partial charge in [-0.1, -0.05) is 24.3 Å². The topological polar surface area (TPSA) is 17.1 Å². The molecule has 0 radical (unpaired) electrons. The predicted molar refractivity (Wildman–Crippen MR) is 49.2 cm³/mol. The summed E-state index contributed by atoms with van der Waals surface area (Å²) in [4.78, 5) is 11.3. The summed E-state index contributed by atoms with van der Waals surface area (Å²) in [5.74, 6) is 0. The van der Waals surface area contributed by atoms with Crippen molar-refractivity contribution in [1.29, 1.82) is 0 Å². The van der Waals surface area contributed by atoms with Gasteiger partial charge in [0.15, 0.2) is 5.43 Å². The molecular weight excluding hydrogens is 148 g/mol. The van der Waals surface area contributed by atoms with Gasteiger partial charge in [-0.2, -0.15) is 0 Å². The molecule has 56 valence electrons. The molecule has 0 N–H and O–H groups in total. The third-order valence-electron chi connectivity index (χ3n) is 2.30. The first kappa shape index (κ1) is 5.95. The average molecular weight is 154 g/mol. The molecule has 1 aromatic rings. The molecule has 0 saturated carbocycles. The van der Waals surface area contributed by atoms with Gasteiger partial charge < -0.3 is 0 Å². The first-order valence-electron chi connectivity index (χ1n) is 3.94. The molecule has 0 unspecified atom stereocenters. The molecule has 2 aliphatic carbocycles. The Kier molecular flexibility index (Phi) is 0.867. The van der Waals surface area contributed by atoms with Crippen molar-refractivity contribution in [3.05, 3.63) is 46.6 Å². The Balaban J connectivity index is 2.63. The van der Waals surface area contributed by atoms with Crippen molar-refractivity contribution in [2.75, 3.05) is 0 Å². The number of hydrogen-bond acceptors (Lipinski definition) is 1. The lowest BCUT2D eigenvalue weighted by Crippen LogP contribution is -1.94. The molecule has 0 atom stereocenters. The summed E-state index contributed by atoms with van der Waals surface area (Å²) in [5.41, 5.74) is 2.19. The van der Waals surface area contributed by atoms with E-state index in [9.17, 15) is 4.79 Å². The van der Waals surface area contributed by atoms with Crippen molar-refractivity contribution >= 4 is 10.8 Å². The van der Waals surface area contributed by atoms with Crippen LogP contribution in [0.3, 0.4) is 0 Å². The van der Waals surface area contributed by atoms with Gasteiger partial charge in [-0.05, 0) is 28.5 Å². The van der Waals surface area contributed by atoms with Crippen molar-refractivity contribution in [2.24, 2.45) is 0 Å². The van der Waals surface area contributed by atoms with Gasteiger partial charge in [-0.25, -0.2) is 0 Å². The Morgan fingerprint density at radius 2 is 1.75 bits per heavy atom. The Morgan fingerprint density at radius 3 is 2.67 bits per heavy atom. The Labute approximate surface area is 69.3 Å². The molecule has 0 aromatic heterocycles. The van der Waals surface area contributed by atoms with Gasteiger partial charge in [-0.15, -0.1) is 0 Å². The van der Waals surface area contributed by atoms with Crippen molar-refractivity contribution in [1.82, 2.24) is 0 Å². The molecular formula is C11H6O. The Bertz CT molecular complexity index is 541. The van der Waals surface area contributed by atoms with Crippen LogP contribution in [0.5, 0.6) is 0 Å². The van der Waals surface area contributed by atoms with Gasteiger partial charge in [0.05, 0.1) is 0 Å². The fourth-order valence-corrected chi connectivity index (χ4v) is 1.62. The lowest BCUT2D eigenvalue weighted by atomic mass is 10.1. The molecule has 0 spiro atoms. The average Bonchev–Trinajstić information content (AvgIpc) is 2.84. The van der Waals surface area contributed by atoms with E-state index in [0.717, 1.165) is 16.5 Å². The maximum Gasteiger partial charge on any atom is 0.187 e. The molecule has 0 amide bonds. The second kappa shape index (κ2) is 1.75. The minimum atomic E-state index is 0.156. The van der Waals surface area contributed by atoms with E-state index < -0.39 is 0 Å². The van der Waals surface area contributed by atoms with Crippen LogP contribution in [0.2, 0.25) is 0 Å². The zero-order chi connectivity index (χ0) is 8.13. The van der Waals surface area contributed by atoms with Crippen LogP contribution in [0.15, 0.2) is 41.2 Å². The standard InChI is InChI=1S/C11H6O/c12-11-5-7-3-1-2-4-8(7)9-6-10(9)11/h1-6H. The lowest BCUT2D eigenvalue weighted by molar-refractivity contribution is 1.71. The zero-order valence-electron chi connectivity index (χ0n) is 6.37. The minimum absolute atomic E-state index is 0.156. The van der Waals surface area contributed by atoms with Crippen LogP contribution in [-0.2, 0) is 0 Å². The van der Waals surface area contributed by atoms with Gasteiger partial charge in [0, 0.05) is 5.56 Å². The summed E-state index contributed by atoms with van der Waals surface area (Å²) in [6.45, 7) is 0. The highest BCUT2D eigenvalue weighted by atomic mass is 16.1. The van der Waals surface area contributed by atoms with Crippen LogP contribution in [0.25, 0.3) is 21.9 Å². The maximum atomic E-state index is 11.3. The van der Waals surface area contributed by atoms with E-state index in [0.29, 0.717) is 0 Å². The molecule has 12 heavy (non-hydrogen) atoms. The Hall–Kier alpha value is -1.63. The van der Waals surface area contributed by atoms with E-state index in [4.69, 9.17) is 0 Å². The Morgan fingerprint density at radius 1 is 0.917 bits per heavy atom. The summed E-state index contributed by atoms with van der Waals surface area (Å²) in [5, 5.41) is 2.25. The van der Waals surface area contributed by atoms with Gasteiger partial charge in [0.1, 0.15) is 0 Å². The van der Waals surface area contributed by atoms with Gasteiger partial charge in [0.25, 0.3) is 0 Å². The molecule has 2 aliphatic rings. The zero-order valence-corrected chi connectivity index (χ0v) is 6.37. The van der Waals surface area contributed by atoms with Crippen molar-refractivity contribution in [3.63, 3.8) is 0 Å². The largest absolute Gasteiger partial charge is 0.289 e. The number of fused-ring (bicyclic) bond motifs is 3. The molecule has 0 saturated heterocycles. The highest BCUT2D eigenvalue weighted by Crippen LogP contribution is 2.35. The third-order valence-corrected chi connectivity index (χ3v) is 2.30. The highest BCUT2D eigenvalue weighted by molar-refractivity contribution is 6.04. The van der Waals surface area contributed by atoms with Crippen LogP contribution in [0.4, 0.5) is 0 Å². The number of benzene rings is 2.